The molecule has 4 atom stereocenters. The Bertz CT molecular complexity index is 989. The number of likely N-dealkylation sites (tertiary alicyclic amines) is 1. The SMILES string of the molecule is C/C=C\c1ccc2n(c1=O)C[C@H]1[C@H](CO)[C@@H](C(=O)NC3CCCC3)N(C(=O)C3CCC3)[C@@H]21. The number of carbonyl (C=O) groups is 2. The number of pyridine rings is 1. The topological polar surface area (TPSA) is 91.6 Å². The van der Waals surface area contributed by atoms with Gasteiger partial charge in [0.15, 0.2) is 0 Å². The van der Waals surface area contributed by atoms with Gasteiger partial charge in [-0.3, -0.25) is 14.4 Å². The van der Waals surface area contributed by atoms with Crippen LogP contribution in [0.1, 0.15) is 69.2 Å². The van der Waals surface area contributed by atoms with Crippen molar-refractivity contribution in [3.63, 3.8) is 0 Å². The lowest BCUT2D eigenvalue weighted by Gasteiger charge is -2.36. The summed E-state index contributed by atoms with van der Waals surface area (Å²) in [7, 11) is 0. The van der Waals surface area contributed by atoms with Crippen molar-refractivity contribution in [2.75, 3.05) is 6.61 Å². The van der Waals surface area contributed by atoms with E-state index in [0.29, 0.717) is 12.1 Å². The molecule has 172 valence electrons. The molecule has 2 aliphatic heterocycles. The molecule has 0 spiro atoms. The molecule has 2 saturated carbocycles. The molecule has 4 aliphatic rings. The zero-order valence-corrected chi connectivity index (χ0v) is 18.7. The van der Waals surface area contributed by atoms with Gasteiger partial charge in [0.2, 0.25) is 11.8 Å². The first kappa shape index (κ1) is 21.4. The summed E-state index contributed by atoms with van der Waals surface area (Å²) in [6, 6.07) is 2.87. The number of rotatable bonds is 5. The van der Waals surface area contributed by atoms with Gasteiger partial charge in [0.25, 0.3) is 5.56 Å². The predicted octanol–water partition coefficient (Wildman–Crippen LogP) is 2.23. The van der Waals surface area contributed by atoms with E-state index < -0.39 is 6.04 Å². The van der Waals surface area contributed by atoms with Gasteiger partial charge < -0.3 is 19.9 Å². The number of aliphatic hydroxyl groups is 1. The summed E-state index contributed by atoms with van der Waals surface area (Å²) in [5.74, 6) is -0.714. The molecular formula is C25H33N3O4. The molecule has 0 bridgehead atoms. The molecule has 7 heteroatoms. The molecule has 2 N–H and O–H groups in total. The Hall–Kier alpha value is -2.41. The first-order chi connectivity index (χ1) is 15.5. The van der Waals surface area contributed by atoms with Crippen LogP contribution in [0.5, 0.6) is 0 Å². The molecular weight excluding hydrogens is 406 g/mol. The Morgan fingerprint density at radius 3 is 2.53 bits per heavy atom. The second kappa shape index (κ2) is 8.50. The molecule has 7 nitrogen and oxygen atoms in total. The van der Waals surface area contributed by atoms with Crippen molar-refractivity contribution in [1.82, 2.24) is 14.8 Å². The summed E-state index contributed by atoms with van der Waals surface area (Å²) >= 11 is 0. The van der Waals surface area contributed by atoms with Crippen molar-refractivity contribution in [2.45, 2.75) is 76.5 Å². The molecule has 0 radical (unpaired) electrons. The van der Waals surface area contributed by atoms with Crippen molar-refractivity contribution in [3.8, 4) is 0 Å². The fourth-order valence-electron chi connectivity index (χ4n) is 6.28. The molecule has 3 fully saturated rings. The van der Waals surface area contributed by atoms with E-state index in [0.717, 1.165) is 50.6 Å². The van der Waals surface area contributed by atoms with E-state index in [9.17, 15) is 19.5 Å². The summed E-state index contributed by atoms with van der Waals surface area (Å²) in [5, 5.41) is 13.5. The van der Waals surface area contributed by atoms with E-state index >= 15 is 0 Å². The fourth-order valence-corrected chi connectivity index (χ4v) is 6.28. The molecule has 3 heterocycles. The number of allylic oxidation sites excluding steroid dienone is 1. The molecule has 1 aromatic heterocycles. The number of aliphatic hydroxyl groups excluding tert-OH is 1. The van der Waals surface area contributed by atoms with Crippen LogP contribution in [0.25, 0.3) is 6.08 Å². The number of hydrogen-bond acceptors (Lipinski definition) is 4. The lowest BCUT2D eigenvalue weighted by Crippen LogP contribution is -2.54. The lowest BCUT2D eigenvalue weighted by molar-refractivity contribution is -0.147. The molecule has 1 saturated heterocycles. The van der Waals surface area contributed by atoms with Crippen LogP contribution in [-0.2, 0) is 16.1 Å². The highest BCUT2D eigenvalue weighted by molar-refractivity contribution is 5.90. The van der Waals surface area contributed by atoms with Gasteiger partial charge >= 0.3 is 0 Å². The number of fused-ring (bicyclic) bond motifs is 3. The minimum absolute atomic E-state index is 0.00667. The summed E-state index contributed by atoms with van der Waals surface area (Å²) in [4.78, 5) is 41.9. The van der Waals surface area contributed by atoms with Gasteiger partial charge in [-0.1, -0.05) is 31.4 Å². The predicted molar refractivity (Wildman–Crippen MR) is 121 cm³/mol. The standard InChI is InChI=1S/C25H33N3O4/c1-2-6-15-11-12-20-21-18(13-27(20)24(15)31)19(14-29)22(23(30)26-17-9-3-4-10-17)28(21)25(32)16-7-5-8-16/h2,6,11-12,16-19,21-22,29H,3-5,7-10,13-14H2,1H3,(H,26,30)/b6-2-/t18-,19-,21+,22-/m0/s1. The summed E-state index contributed by atoms with van der Waals surface area (Å²) < 4.78 is 1.75. The van der Waals surface area contributed by atoms with E-state index in [4.69, 9.17) is 0 Å². The summed E-state index contributed by atoms with van der Waals surface area (Å²) in [5.41, 5.74) is 1.33. The molecule has 0 unspecified atom stereocenters. The normalized spacial score (nSPS) is 29.9. The van der Waals surface area contributed by atoms with Gasteiger partial charge in [-0.2, -0.15) is 0 Å². The van der Waals surface area contributed by atoms with E-state index in [1.54, 1.807) is 15.5 Å². The molecule has 2 aliphatic carbocycles. The average Bonchev–Trinajstić information content (AvgIpc) is 3.43. The molecule has 5 rings (SSSR count). The third-order valence-corrected chi connectivity index (χ3v) is 8.13. The smallest absolute Gasteiger partial charge is 0.258 e. The van der Waals surface area contributed by atoms with Gasteiger partial charge in [-0.25, -0.2) is 0 Å². The van der Waals surface area contributed by atoms with Crippen molar-refractivity contribution >= 4 is 17.9 Å². The lowest BCUT2D eigenvalue weighted by atomic mass is 9.84. The zero-order chi connectivity index (χ0) is 22.4. The van der Waals surface area contributed by atoms with Gasteiger partial charge in [0.1, 0.15) is 6.04 Å². The van der Waals surface area contributed by atoms with E-state index in [1.165, 1.54) is 0 Å². The highest BCUT2D eigenvalue weighted by atomic mass is 16.3. The minimum atomic E-state index is -0.678. The monoisotopic (exact) mass is 439 g/mol. The van der Waals surface area contributed by atoms with Crippen LogP contribution in [0.15, 0.2) is 23.0 Å². The second-order valence-electron chi connectivity index (χ2n) is 9.89. The van der Waals surface area contributed by atoms with Crippen LogP contribution in [0.3, 0.4) is 0 Å². The maximum atomic E-state index is 13.6. The average molecular weight is 440 g/mol. The molecule has 1 aromatic rings. The van der Waals surface area contributed by atoms with Gasteiger partial charge in [-0.05, 0) is 44.7 Å². The first-order valence-corrected chi connectivity index (χ1v) is 12.1. The highest BCUT2D eigenvalue weighted by Gasteiger charge is 2.58. The molecule has 32 heavy (non-hydrogen) atoms. The Labute approximate surface area is 188 Å². The van der Waals surface area contributed by atoms with Gasteiger partial charge in [0, 0.05) is 48.2 Å². The van der Waals surface area contributed by atoms with Crippen molar-refractivity contribution in [1.29, 1.82) is 0 Å². The van der Waals surface area contributed by atoms with Gasteiger partial charge in [0.05, 0.1) is 6.04 Å². The number of amides is 2. The number of carbonyl (C=O) groups excluding carboxylic acids is 2. The fraction of sp³-hybridized carbons (Fsp3) is 0.640. The Morgan fingerprint density at radius 2 is 1.91 bits per heavy atom. The minimum Gasteiger partial charge on any atom is -0.396 e. The number of hydrogen-bond donors (Lipinski definition) is 2. The van der Waals surface area contributed by atoms with Crippen LogP contribution in [-0.4, -0.2) is 45.1 Å². The van der Waals surface area contributed by atoms with Crippen molar-refractivity contribution in [3.05, 3.63) is 39.8 Å². The quantitative estimate of drug-likeness (QED) is 0.736. The van der Waals surface area contributed by atoms with Crippen LogP contribution in [0.4, 0.5) is 0 Å². The Morgan fingerprint density at radius 1 is 1.16 bits per heavy atom. The van der Waals surface area contributed by atoms with Crippen molar-refractivity contribution in [2.24, 2.45) is 17.8 Å². The van der Waals surface area contributed by atoms with E-state index in [1.807, 2.05) is 25.1 Å². The van der Waals surface area contributed by atoms with Crippen LogP contribution < -0.4 is 10.9 Å². The van der Waals surface area contributed by atoms with Crippen molar-refractivity contribution < 1.29 is 14.7 Å². The zero-order valence-electron chi connectivity index (χ0n) is 18.7. The number of aromatic nitrogens is 1. The van der Waals surface area contributed by atoms with Crippen LogP contribution in [0, 0.1) is 17.8 Å². The molecule has 2 amide bonds. The van der Waals surface area contributed by atoms with E-state index in [2.05, 4.69) is 5.32 Å². The van der Waals surface area contributed by atoms with Gasteiger partial charge in [-0.15, -0.1) is 0 Å². The third-order valence-electron chi connectivity index (χ3n) is 8.13. The van der Waals surface area contributed by atoms with Crippen LogP contribution >= 0.6 is 0 Å². The number of nitrogens with zero attached hydrogens (tertiary/aromatic N) is 2. The third kappa shape index (κ3) is 3.33. The second-order valence-corrected chi connectivity index (χ2v) is 9.89. The summed E-state index contributed by atoms with van der Waals surface area (Å²) in [6.07, 6.45) is 10.5. The number of nitrogens with one attached hydrogen (secondary N) is 1. The first-order valence-electron chi connectivity index (χ1n) is 12.1. The molecule has 0 aromatic carbocycles. The van der Waals surface area contributed by atoms with Crippen LogP contribution in [0.2, 0.25) is 0 Å². The highest BCUT2D eigenvalue weighted by Crippen LogP contribution is 2.50. The Balaban J connectivity index is 1.54. The summed E-state index contributed by atoms with van der Waals surface area (Å²) in [6.45, 7) is 2.13. The maximum absolute atomic E-state index is 13.6. The largest absolute Gasteiger partial charge is 0.396 e. The maximum Gasteiger partial charge on any atom is 0.258 e. The Kier molecular flexibility index (Phi) is 5.70. The van der Waals surface area contributed by atoms with E-state index in [-0.39, 0.29) is 53.8 Å².